The van der Waals surface area contributed by atoms with Crippen molar-refractivity contribution in [2.45, 2.75) is 9.79 Å². The SMILES string of the molecule is COc1cc(N(c2ccccc2)c2ccc(N(c3ccccc3)c3ccc(-c4ccc(N(c5ccccc5)c5ccc(N(c6ccccc6)c6ccc(S(=O)(=O)O)c(OC)c6)cc5)cc4)cc3)cc2)ccc1S(=O)(=O)O. The maximum absolute atomic E-state index is 12.1. The molecule has 10 aromatic rings. The lowest BCUT2D eigenvalue weighted by Gasteiger charge is -2.29. The number of hydrogen-bond acceptors (Lipinski definition) is 10. The molecule has 2 N–H and O–H groups in total. The van der Waals surface area contributed by atoms with E-state index in [1.165, 1.54) is 26.4 Å². The summed E-state index contributed by atoms with van der Waals surface area (Å²) in [7, 11) is -6.31. The fourth-order valence-corrected chi connectivity index (χ4v) is 10.5. The van der Waals surface area contributed by atoms with Gasteiger partial charge in [0.1, 0.15) is 21.3 Å². The second-order valence-corrected chi connectivity index (χ2v) is 20.2. The Balaban J connectivity index is 0.940. The van der Waals surface area contributed by atoms with Crippen molar-refractivity contribution in [3.8, 4) is 22.6 Å². The highest BCUT2D eigenvalue weighted by atomic mass is 32.2. The Bertz CT molecular complexity index is 3570. The summed E-state index contributed by atoms with van der Waals surface area (Å²) in [5.74, 6) is 0.0422. The monoisotopic (exact) mass is 1040 g/mol. The Morgan fingerprint density at radius 3 is 0.697 bits per heavy atom. The van der Waals surface area contributed by atoms with Crippen molar-refractivity contribution >= 4 is 88.5 Å². The zero-order valence-electron chi connectivity index (χ0n) is 41.2. The fourth-order valence-electron chi connectivity index (χ4n) is 9.22. The smallest absolute Gasteiger partial charge is 0.298 e. The van der Waals surface area contributed by atoms with Crippen LogP contribution >= 0.6 is 0 Å². The maximum atomic E-state index is 12.1. The first-order valence-corrected chi connectivity index (χ1v) is 26.9. The molecule has 0 spiro atoms. The second kappa shape index (κ2) is 21.7. The Morgan fingerprint density at radius 2 is 0.474 bits per heavy atom. The van der Waals surface area contributed by atoms with Crippen LogP contribution in [0.25, 0.3) is 11.1 Å². The summed E-state index contributed by atoms with van der Waals surface area (Å²) in [6, 6.07) is 82.0. The van der Waals surface area contributed by atoms with Crippen molar-refractivity contribution in [1.29, 1.82) is 0 Å². The van der Waals surface area contributed by atoms with Gasteiger partial charge >= 0.3 is 0 Å². The highest BCUT2D eigenvalue weighted by molar-refractivity contribution is 7.86. The van der Waals surface area contributed by atoms with Gasteiger partial charge in [0.05, 0.1) is 14.2 Å². The van der Waals surface area contributed by atoms with E-state index in [0.29, 0.717) is 11.4 Å². The van der Waals surface area contributed by atoms with Crippen LogP contribution in [0.5, 0.6) is 11.5 Å². The van der Waals surface area contributed by atoms with Gasteiger partial charge in [0, 0.05) is 80.4 Å². The average Bonchev–Trinajstić information content (AvgIpc) is 3.47. The van der Waals surface area contributed by atoms with Crippen molar-refractivity contribution in [2.75, 3.05) is 33.8 Å². The third-order valence-corrected chi connectivity index (χ3v) is 14.5. The zero-order chi connectivity index (χ0) is 52.8. The standard InChI is InChI=1S/C62H50N4O8S2/c1-73-59-43-57(39-41-61(59)75(67,68)69)65(49-19-11-5-12-20-49)55-35-31-53(32-36-55)63(47-15-7-3-8-16-47)51-27-23-45(24-28-51)46-25-29-52(30-26-46)64(48-17-9-4-10-18-48)54-33-37-56(38-34-54)66(50-21-13-6-14-22-50)58-40-42-62(76(70,71)72)60(44-58)74-2/h3-44H,1-2H3,(H,67,68,69)(H,70,71,72). The largest absolute Gasteiger partial charge is 0.495 e. The molecule has 0 fully saturated rings. The van der Waals surface area contributed by atoms with Crippen LogP contribution in [0.15, 0.2) is 265 Å². The lowest BCUT2D eigenvalue weighted by Crippen LogP contribution is -2.12. The first kappa shape index (κ1) is 50.4. The number of ether oxygens (including phenoxy) is 2. The normalized spacial score (nSPS) is 11.4. The highest BCUT2D eigenvalue weighted by Crippen LogP contribution is 2.44. The van der Waals surface area contributed by atoms with Gasteiger partial charge in [-0.25, -0.2) is 0 Å². The van der Waals surface area contributed by atoms with E-state index in [4.69, 9.17) is 9.47 Å². The lowest BCUT2D eigenvalue weighted by molar-refractivity contribution is 0.397. The van der Waals surface area contributed by atoms with Crippen LogP contribution in [0.3, 0.4) is 0 Å². The minimum absolute atomic E-state index is 0.0211. The molecular formula is C62H50N4O8S2. The summed E-state index contributed by atoms with van der Waals surface area (Å²) < 4.78 is 79.1. The topological polar surface area (TPSA) is 140 Å². The van der Waals surface area contributed by atoms with E-state index in [9.17, 15) is 25.9 Å². The minimum atomic E-state index is -4.52. The summed E-state index contributed by atoms with van der Waals surface area (Å²) >= 11 is 0. The predicted octanol–water partition coefficient (Wildman–Crippen LogP) is 15.7. The Hall–Kier alpha value is -9.18. The van der Waals surface area contributed by atoms with E-state index in [1.54, 1.807) is 24.3 Å². The van der Waals surface area contributed by atoms with Crippen LogP contribution in [0.4, 0.5) is 68.2 Å². The van der Waals surface area contributed by atoms with E-state index in [2.05, 4.69) is 82.6 Å². The van der Waals surface area contributed by atoms with Crippen molar-refractivity contribution in [1.82, 2.24) is 0 Å². The number of hydrogen-bond donors (Lipinski definition) is 2. The van der Waals surface area contributed by atoms with Gasteiger partial charge in [0.15, 0.2) is 0 Å². The molecule has 0 saturated carbocycles. The van der Waals surface area contributed by atoms with E-state index < -0.39 is 20.2 Å². The minimum Gasteiger partial charge on any atom is -0.495 e. The van der Waals surface area contributed by atoms with E-state index in [-0.39, 0.29) is 21.3 Å². The average molecular weight is 1040 g/mol. The molecule has 0 aromatic heterocycles. The summed E-state index contributed by atoms with van der Waals surface area (Å²) in [6.45, 7) is 0. The van der Waals surface area contributed by atoms with E-state index in [1.807, 2.05) is 155 Å². The molecule has 0 aliphatic rings. The van der Waals surface area contributed by atoms with Crippen molar-refractivity contribution in [2.24, 2.45) is 0 Å². The molecule has 378 valence electrons. The number of para-hydroxylation sites is 4. The summed E-state index contributed by atoms with van der Waals surface area (Å²) in [4.78, 5) is 7.71. The van der Waals surface area contributed by atoms with Crippen LogP contribution in [-0.4, -0.2) is 40.2 Å². The van der Waals surface area contributed by atoms with Crippen LogP contribution in [0, 0.1) is 0 Å². The molecule has 10 rings (SSSR count). The molecule has 0 heterocycles. The Labute approximate surface area is 442 Å². The maximum Gasteiger partial charge on any atom is 0.298 e. The summed E-state index contributed by atoms with van der Waals surface area (Å²) in [5, 5.41) is 0. The van der Waals surface area contributed by atoms with Crippen LogP contribution < -0.4 is 29.1 Å². The molecule has 0 radical (unpaired) electrons. The summed E-state index contributed by atoms with van der Waals surface area (Å²) in [6.07, 6.45) is 0. The molecule has 76 heavy (non-hydrogen) atoms. The van der Waals surface area contributed by atoms with Gasteiger partial charge in [-0.1, -0.05) is 97.1 Å². The van der Waals surface area contributed by atoms with Gasteiger partial charge in [-0.15, -0.1) is 0 Å². The molecule has 0 aliphatic carbocycles. The molecule has 14 heteroatoms. The number of benzene rings is 10. The molecule has 0 amide bonds. The highest BCUT2D eigenvalue weighted by Gasteiger charge is 2.23. The number of rotatable bonds is 17. The van der Waals surface area contributed by atoms with Gasteiger partial charge in [0.25, 0.3) is 20.2 Å². The Morgan fingerprint density at radius 1 is 0.276 bits per heavy atom. The molecule has 10 aromatic carbocycles. The van der Waals surface area contributed by atoms with Crippen LogP contribution in [0.1, 0.15) is 0 Å². The first-order chi connectivity index (χ1) is 36.9. The van der Waals surface area contributed by atoms with E-state index in [0.717, 1.165) is 68.0 Å². The molecule has 0 atom stereocenters. The van der Waals surface area contributed by atoms with E-state index >= 15 is 0 Å². The van der Waals surface area contributed by atoms with Crippen molar-refractivity contribution < 1.29 is 35.4 Å². The lowest BCUT2D eigenvalue weighted by atomic mass is 10.0. The van der Waals surface area contributed by atoms with Crippen LogP contribution in [-0.2, 0) is 20.2 Å². The third-order valence-electron chi connectivity index (χ3n) is 12.7. The molecule has 0 bridgehead atoms. The molecular weight excluding hydrogens is 993 g/mol. The van der Waals surface area contributed by atoms with Gasteiger partial charge in [0.2, 0.25) is 0 Å². The number of nitrogens with zero attached hydrogens (tertiary/aromatic N) is 4. The van der Waals surface area contributed by atoms with Crippen molar-refractivity contribution in [3.05, 3.63) is 255 Å². The molecule has 12 nitrogen and oxygen atoms in total. The van der Waals surface area contributed by atoms with Gasteiger partial charge in [-0.05, 0) is 157 Å². The molecule has 0 unspecified atom stereocenters. The molecule has 0 saturated heterocycles. The van der Waals surface area contributed by atoms with Gasteiger partial charge < -0.3 is 29.1 Å². The third kappa shape index (κ3) is 10.7. The fraction of sp³-hybridized carbons (Fsp3) is 0.0323. The van der Waals surface area contributed by atoms with Crippen LogP contribution in [0.2, 0.25) is 0 Å². The van der Waals surface area contributed by atoms with Gasteiger partial charge in [-0.3, -0.25) is 9.11 Å². The first-order valence-electron chi connectivity index (χ1n) is 24.0. The zero-order valence-corrected chi connectivity index (χ0v) is 42.8. The number of methoxy groups -OCH3 is 2. The Kier molecular flexibility index (Phi) is 14.4. The summed E-state index contributed by atoms with van der Waals surface area (Å²) in [5.41, 5.74) is 12.3. The predicted molar refractivity (Wildman–Crippen MR) is 303 cm³/mol. The quantitative estimate of drug-likeness (QED) is 0.0839. The number of anilines is 12. The van der Waals surface area contributed by atoms with Crippen molar-refractivity contribution in [3.63, 3.8) is 0 Å². The second-order valence-electron chi connectivity index (χ2n) is 17.4. The molecule has 0 aliphatic heterocycles. The van der Waals surface area contributed by atoms with Gasteiger partial charge in [-0.2, -0.15) is 16.8 Å².